The molecule has 6 nitrogen and oxygen atoms in total. The lowest BCUT2D eigenvalue weighted by Gasteiger charge is -2.26. The monoisotopic (exact) mass is 385 g/mol. The van der Waals surface area contributed by atoms with Crippen LogP contribution in [0, 0.1) is 0 Å². The molecule has 25 heavy (non-hydrogen) atoms. The number of sulfonamides is 1. The van der Waals surface area contributed by atoms with Crippen LogP contribution in [0.25, 0.3) is 0 Å². The molecular weight excluding hydrogens is 358 g/mol. The Labute approximate surface area is 156 Å². The van der Waals surface area contributed by atoms with Gasteiger partial charge in [0.05, 0.1) is 18.1 Å². The summed E-state index contributed by atoms with van der Waals surface area (Å²) in [7, 11) is -3.46. The number of nitrogens with one attached hydrogen (secondary N) is 1. The maximum absolute atomic E-state index is 12.6. The average molecular weight is 386 g/mol. The van der Waals surface area contributed by atoms with Crippen molar-refractivity contribution in [3.8, 4) is 0 Å². The highest BCUT2D eigenvalue weighted by Gasteiger charge is 2.26. The number of benzene rings is 1. The summed E-state index contributed by atoms with van der Waals surface area (Å²) in [5.74, 6) is 0. The van der Waals surface area contributed by atoms with E-state index in [1.54, 1.807) is 24.3 Å². The molecular formula is C17H27N3O3S2. The Morgan fingerprint density at radius 1 is 1.24 bits per heavy atom. The Balaban J connectivity index is 2.02. The number of nitrogens with zero attached hydrogens (tertiary/aromatic N) is 2. The second-order valence-corrected chi connectivity index (χ2v) is 8.23. The Hall–Kier alpha value is -1.22. The van der Waals surface area contributed by atoms with Crippen LogP contribution in [0.4, 0.5) is 5.69 Å². The van der Waals surface area contributed by atoms with Gasteiger partial charge >= 0.3 is 0 Å². The van der Waals surface area contributed by atoms with Crippen molar-refractivity contribution in [1.82, 2.24) is 9.21 Å². The summed E-state index contributed by atoms with van der Waals surface area (Å²) >= 11 is 5.45. The van der Waals surface area contributed by atoms with Crippen molar-refractivity contribution in [2.75, 3.05) is 44.7 Å². The molecule has 140 valence electrons. The van der Waals surface area contributed by atoms with Gasteiger partial charge in [-0.3, -0.25) is 0 Å². The van der Waals surface area contributed by atoms with Crippen molar-refractivity contribution in [2.24, 2.45) is 0 Å². The molecule has 1 saturated heterocycles. The van der Waals surface area contributed by atoms with E-state index < -0.39 is 10.0 Å². The number of rotatable bonds is 7. The third-order valence-electron chi connectivity index (χ3n) is 4.16. The van der Waals surface area contributed by atoms with Crippen LogP contribution in [-0.4, -0.2) is 62.1 Å². The van der Waals surface area contributed by atoms with Crippen LogP contribution >= 0.6 is 12.2 Å². The van der Waals surface area contributed by atoms with E-state index in [0.717, 1.165) is 31.6 Å². The molecule has 0 radical (unpaired) electrons. The lowest BCUT2D eigenvalue weighted by molar-refractivity contribution is 0.0730. The van der Waals surface area contributed by atoms with Crippen molar-refractivity contribution in [2.45, 2.75) is 31.6 Å². The Morgan fingerprint density at radius 2 is 1.88 bits per heavy atom. The van der Waals surface area contributed by atoms with Gasteiger partial charge in [-0.1, -0.05) is 13.3 Å². The van der Waals surface area contributed by atoms with Gasteiger partial charge in [0, 0.05) is 31.9 Å². The van der Waals surface area contributed by atoms with E-state index in [4.69, 9.17) is 17.0 Å². The van der Waals surface area contributed by atoms with Gasteiger partial charge in [0.15, 0.2) is 5.11 Å². The maximum atomic E-state index is 12.6. The fourth-order valence-corrected chi connectivity index (χ4v) is 4.35. The second-order valence-electron chi connectivity index (χ2n) is 5.90. The van der Waals surface area contributed by atoms with Crippen LogP contribution in [0.3, 0.4) is 0 Å². The minimum absolute atomic E-state index is 0.296. The number of hydrogen-bond acceptors (Lipinski definition) is 4. The zero-order chi connectivity index (χ0) is 18.3. The van der Waals surface area contributed by atoms with Crippen LogP contribution in [0.1, 0.15) is 26.7 Å². The number of hydrogen-bond donors (Lipinski definition) is 1. The first-order valence-electron chi connectivity index (χ1n) is 8.73. The van der Waals surface area contributed by atoms with Gasteiger partial charge in [-0.2, -0.15) is 4.31 Å². The fourth-order valence-electron chi connectivity index (χ4n) is 2.60. The normalized spacial score (nSPS) is 15.8. The first kappa shape index (κ1) is 20.1. The van der Waals surface area contributed by atoms with Crippen molar-refractivity contribution < 1.29 is 13.2 Å². The van der Waals surface area contributed by atoms with Crippen molar-refractivity contribution >= 4 is 33.0 Å². The van der Waals surface area contributed by atoms with E-state index in [1.807, 2.05) is 0 Å². The molecule has 1 heterocycles. The van der Waals surface area contributed by atoms with Crippen LogP contribution in [0.5, 0.6) is 0 Å². The number of anilines is 1. The fraction of sp³-hybridized carbons (Fsp3) is 0.588. The molecule has 0 saturated carbocycles. The number of thiocarbonyl (C=S) groups is 1. The minimum atomic E-state index is -3.46. The molecule has 2 rings (SSSR count). The zero-order valence-corrected chi connectivity index (χ0v) is 16.5. The molecule has 1 aliphatic heterocycles. The smallest absolute Gasteiger partial charge is 0.243 e. The van der Waals surface area contributed by atoms with Crippen molar-refractivity contribution in [1.29, 1.82) is 0 Å². The maximum Gasteiger partial charge on any atom is 0.243 e. The summed E-state index contributed by atoms with van der Waals surface area (Å²) in [5.41, 5.74) is 0.792. The highest BCUT2D eigenvalue weighted by atomic mass is 32.2. The average Bonchev–Trinajstić information content (AvgIpc) is 2.63. The number of unbranched alkanes of at least 4 members (excludes halogenated alkanes) is 1. The molecule has 0 aliphatic carbocycles. The van der Waals surface area contributed by atoms with Gasteiger partial charge in [0.25, 0.3) is 0 Å². The molecule has 0 bridgehead atoms. The van der Waals surface area contributed by atoms with Crippen LogP contribution in [0.15, 0.2) is 29.2 Å². The van der Waals surface area contributed by atoms with Gasteiger partial charge in [-0.05, 0) is 49.8 Å². The first-order valence-corrected chi connectivity index (χ1v) is 10.6. The largest absolute Gasteiger partial charge is 0.379 e. The standard InChI is InChI=1S/C17H27N3O3S2/c1-3-5-10-19(4-2)17(24)18-15-6-8-16(9-7-15)25(21,22)20-11-13-23-14-12-20/h6-9H,3-5,10-14H2,1-2H3,(H,18,24). The highest BCUT2D eigenvalue weighted by molar-refractivity contribution is 7.89. The van der Waals surface area contributed by atoms with Crippen LogP contribution < -0.4 is 5.32 Å². The SMILES string of the molecule is CCCCN(CC)C(=S)Nc1ccc(S(=O)(=O)N2CCOCC2)cc1. The molecule has 0 spiro atoms. The number of ether oxygens (including phenoxy) is 1. The molecule has 1 aliphatic rings. The van der Waals surface area contributed by atoms with Crippen molar-refractivity contribution in [3.63, 3.8) is 0 Å². The predicted molar refractivity (Wildman–Crippen MR) is 104 cm³/mol. The first-order chi connectivity index (χ1) is 12.0. The third kappa shape index (κ3) is 5.37. The topological polar surface area (TPSA) is 61.9 Å². The summed E-state index contributed by atoms with van der Waals surface area (Å²) in [6, 6.07) is 6.76. The Kier molecular flexibility index (Phi) is 7.61. The molecule has 1 N–H and O–H groups in total. The zero-order valence-electron chi connectivity index (χ0n) is 14.9. The predicted octanol–water partition coefficient (Wildman–Crippen LogP) is 2.53. The molecule has 1 aromatic carbocycles. The summed E-state index contributed by atoms with van der Waals surface area (Å²) in [6.07, 6.45) is 2.21. The van der Waals surface area contributed by atoms with Gasteiger partial charge < -0.3 is 15.0 Å². The van der Waals surface area contributed by atoms with Crippen LogP contribution in [0.2, 0.25) is 0 Å². The summed E-state index contributed by atoms with van der Waals surface area (Å²) in [6.45, 7) is 7.66. The lowest BCUT2D eigenvalue weighted by atomic mass is 10.3. The van der Waals surface area contributed by atoms with Gasteiger partial charge in [-0.25, -0.2) is 8.42 Å². The second kappa shape index (κ2) is 9.47. The van der Waals surface area contributed by atoms with Gasteiger partial charge in [0.2, 0.25) is 10.0 Å². The Morgan fingerprint density at radius 3 is 2.44 bits per heavy atom. The van der Waals surface area contributed by atoms with E-state index in [0.29, 0.717) is 36.3 Å². The molecule has 0 unspecified atom stereocenters. The van der Waals surface area contributed by atoms with E-state index in [2.05, 4.69) is 24.1 Å². The lowest BCUT2D eigenvalue weighted by Crippen LogP contribution is -2.40. The van der Waals surface area contributed by atoms with Crippen molar-refractivity contribution in [3.05, 3.63) is 24.3 Å². The quantitative estimate of drug-likeness (QED) is 0.728. The molecule has 8 heteroatoms. The highest BCUT2D eigenvalue weighted by Crippen LogP contribution is 2.19. The summed E-state index contributed by atoms with van der Waals surface area (Å²) in [5, 5.41) is 3.86. The summed E-state index contributed by atoms with van der Waals surface area (Å²) in [4.78, 5) is 2.40. The Bertz CT molecular complexity index is 656. The molecule has 1 fully saturated rings. The third-order valence-corrected chi connectivity index (χ3v) is 6.44. The van der Waals surface area contributed by atoms with Gasteiger partial charge in [0.1, 0.15) is 0 Å². The summed E-state index contributed by atoms with van der Waals surface area (Å²) < 4.78 is 31.9. The van der Waals surface area contributed by atoms with Gasteiger partial charge in [-0.15, -0.1) is 0 Å². The number of morpholine rings is 1. The minimum Gasteiger partial charge on any atom is -0.379 e. The van der Waals surface area contributed by atoms with E-state index in [1.165, 1.54) is 4.31 Å². The molecule has 0 atom stereocenters. The van der Waals surface area contributed by atoms with Crippen LogP contribution in [-0.2, 0) is 14.8 Å². The van der Waals surface area contributed by atoms with E-state index in [9.17, 15) is 8.42 Å². The van der Waals surface area contributed by atoms with E-state index >= 15 is 0 Å². The van der Waals surface area contributed by atoms with E-state index in [-0.39, 0.29) is 0 Å². The molecule has 0 aromatic heterocycles. The molecule has 1 aromatic rings. The molecule has 0 amide bonds.